The monoisotopic (exact) mass is 771 g/mol. The zero-order valence-corrected chi connectivity index (χ0v) is 24.8. The van der Waals surface area contributed by atoms with E-state index in [1.807, 2.05) is 0 Å². The van der Waals surface area contributed by atoms with Crippen molar-refractivity contribution in [2.45, 2.75) is 35.5 Å². The van der Waals surface area contributed by atoms with Crippen molar-refractivity contribution in [3.8, 4) is 16.8 Å². The first-order valence-corrected chi connectivity index (χ1v) is 14.3. The van der Waals surface area contributed by atoms with Gasteiger partial charge in [-0.3, -0.25) is 0 Å². The van der Waals surface area contributed by atoms with Crippen LogP contribution in [0.5, 0.6) is 0 Å². The number of nitrogens with zero attached hydrogens (tertiary/aromatic N) is 1. The number of hydrogen-bond donors (Lipinski definition) is 0. The average molecular weight is 773 g/mol. The topological polar surface area (TPSA) is 4.93 Å². The molecule has 2 aliphatic carbocycles. The normalized spacial score (nSPS) is 21.3. The highest BCUT2D eigenvalue weighted by Crippen LogP contribution is 2.68. The van der Waals surface area contributed by atoms with E-state index in [1.54, 1.807) is 30.3 Å². The largest absolute Gasteiger partial charge is 0.380 e. The Morgan fingerprint density at radius 1 is 0.467 bits per heavy atom. The van der Waals surface area contributed by atoms with Gasteiger partial charge in [0.2, 0.25) is 0 Å². The lowest BCUT2D eigenvalue weighted by Crippen LogP contribution is -2.43. The van der Waals surface area contributed by atoms with Gasteiger partial charge < -0.3 is 4.57 Å². The maximum atomic E-state index is 15.0. The molecule has 0 aliphatic heterocycles. The Bertz CT molecular complexity index is 1980. The van der Waals surface area contributed by atoms with Crippen LogP contribution in [0.4, 0.5) is 52.7 Å². The number of benzene rings is 4. The van der Waals surface area contributed by atoms with E-state index < -0.39 is 88.5 Å². The molecule has 0 radical (unpaired) electrons. The van der Waals surface area contributed by atoms with Crippen molar-refractivity contribution >= 4 is 53.7 Å². The molecule has 2 aliphatic rings. The Morgan fingerprint density at radius 3 is 1.24 bits per heavy atom. The molecule has 0 spiro atoms. The summed E-state index contributed by atoms with van der Waals surface area (Å²) in [6, 6.07) is 14.8. The van der Waals surface area contributed by atoms with E-state index in [-0.39, 0.29) is 17.8 Å². The number of rotatable bonds is 2. The minimum atomic E-state index is -5.92. The molecule has 1 nitrogen and oxygen atoms in total. The van der Waals surface area contributed by atoms with Crippen LogP contribution in [0.1, 0.15) is 22.3 Å². The number of halogens is 14. The van der Waals surface area contributed by atoms with Crippen LogP contribution in [-0.2, 0) is 23.7 Å². The lowest BCUT2D eigenvalue weighted by Gasteiger charge is -2.23. The highest BCUT2D eigenvalue weighted by Gasteiger charge is 2.81. The van der Waals surface area contributed by atoms with Gasteiger partial charge in [-0.2, -0.15) is 52.7 Å². The SMILES string of the molecule is FC1(F)c2cc3c4cc5c(c(Br)c4n(-c4ccc(-c6ccccc6)cc4)c3c(Br)c2C(F)(F)C1(F)F)C(F)(F)C(F)(F)C5(F)F. The molecule has 1 aromatic heterocycles. The van der Waals surface area contributed by atoms with Crippen molar-refractivity contribution in [3.63, 3.8) is 0 Å². The maximum Gasteiger partial charge on any atom is 0.380 e. The van der Waals surface area contributed by atoms with Gasteiger partial charge in [0, 0.05) is 27.6 Å². The number of fused-ring (bicyclic) bond motifs is 5. The summed E-state index contributed by atoms with van der Waals surface area (Å²) in [5.41, 5.74) is -7.20. The molecule has 0 unspecified atom stereocenters. The van der Waals surface area contributed by atoms with Crippen molar-refractivity contribution in [3.05, 3.63) is 97.9 Å². The van der Waals surface area contributed by atoms with Gasteiger partial charge in [-0.1, -0.05) is 42.5 Å². The van der Waals surface area contributed by atoms with Crippen LogP contribution in [-0.4, -0.2) is 16.4 Å². The fraction of sp³-hybridized carbons (Fsp3) is 0.200. The van der Waals surface area contributed by atoms with E-state index in [2.05, 4.69) is 31.9 Å². The zero-order chi connectivity index (χ0) is 32.9. The van der Waals surface area contributed by atoms with E-state index in [0.29, 0.717) is 11.1 Å². The summed E-state index contributed by atoms with van der Waals surface area (Å²) < 4.78 is 177. The third kappa shape index (κ3) is 3.38. The molecular weight excluding hydrogens is 762 g/mol. The molecule has 15 heteroatoms. The molecule has 0 N–H and O–H groups in total. The van der Waals surface area contributed by atoms with Crippen LogP contribution in [0, 0.1) is 0 Å². The van der Waals surface area contributed by atoms with E-state index in [1.165, 1.54) is 24.3 Å². The molecule has 0 saturated heterocycles. The standard InChI is InChI=1S/C30H11Br2F12N/c31-21-19-17(25(33,34)29(41,42)27(19,37)38)10-15-16-11-18-20(28(39,40)30(43,44)26(18,35)36)22(32)24(16)45(23(15)21)14-8-6-13(7-9-14)12-4-2-1-3-5-12/h1-11H. The fourth-order valence-corrected chi connectivity index (χ4v) is 7.79. The highest BCUT2D eigenvalue weighted by atomic mass is 79.9. The number of aromatic nitrogens is 1. The number of hydrogen-bond acceptors (Lipinski definition) is 0. The van der Waals surface area contributed by atoms with Gasteiger partial charge in [0.05, 0.1) is 31.1 Å². The summed E-state index contributed by atoms with van der Waals surface area (Å²) in [5, 5.41) is -1.29. The van der Waals surface area contributed by atoms with Gasteiger partial charge in [0.15, 0.2) is 0 Å². The van der Waals surface area contributed by atoms with Crippen LogP contribution >= 0.6 is 31.9 Å². The predicted molar refractivity (Wildman–Crippen MR) is 147 cm³/mol. The van der Waals surface area contributed by atoms with Gasteiger partial charge in [-0.05, 0) is 67.3 Å². The third-order valence-electron chi connectivity index (χ3n) is 8.33. The van der Waals surface area contributed by atoms with Crippen molar-refractivity contribution in [2.24, 2.45) is 0 Å². The minimum Gasteiger partial charge on any atom is -0.307 e. The van der Waals surface area contributed by atoms with Gasteiger partial charge in [0.25, 0.3) is 0 Å². The summed E-state index contributed by atoms with van der Waals surface area (Å²) in [6.45, 7) is 0. The second-order valence-corrected chi connectivity index (χ2v) is 12.3. The molecule has 0 bridgehead atoms. The zero-order valence-electron chi connectivity index (χ0n) is 21.6. The lowest BCUT2D eigenvalue weighted by atomic mass is 10.0. The molecule has 5 aromatic rings. The van der Waals surface area contributed by atoms with Crippen molar-refractivity contribution in [1.29, 1.82) is 0 Å². The summed E-state index contributed by atoms with van der Waals surface area (Å²) in [7, 11) is 0. The van der Waals surface area contributed by atoms with Crippen LogP contribution < -0.4 is 0 Å². The van der Waals surface area contributed by atoms with E-state index in [9.17, 15) is 35.1 Å². The predicted octanol–water partition coefficient (Wildman–Crippen LogP) is 11.6. The van der Waals surface area contributed by atoms with Gasteiger partial charge in [-0.15, -0.1) is 0 Å². The molecule has 7 rings (SSSR count). The minimum absolute atomic E-state index is 0.0596. The Kier molecular flexibility index (Phi) is 5.94. The fourth-order valence-electron chi connectivity index (χ4n) is 6.09. The third-order valence-corrected chi connectivity index (χ3v) is 9.88. The molecule has 0 fully saturated rings. The molecule has 0 atom stereocenters. The van der Waals surface area contributed by atoms with E-state index >= 15 is 17.6 Å². The van der Waals surface area contributed by atoms with E-state index in [0.717, 1.165) is 4.57 Å². The smallest absolute Gasteiger partial charge is 0.307 e. The van der Waals surface area contributed by atoms with Crippen molar-refractivity contribution in [1.82, 2.24) is 4.57 Å². The van der Waals surface area contributed by atoms with E-state index in [4.69, 9.17) is 0 Å². The first-order valence-electron chi connectivity index (χ1n) is 12.7. The highest BCUT2D eigenvalue weighted by molar-refractivity contribution is 9.11. The summed E-state index contributed by atoms with van der Waals surface area (Å²) >= 11 is 5.49. The van der Waals surface area contributed by atoms with Crippen molar-refractivity contribution in [2.75, 3.05) is 0 Å². The Labute approximate surface area is 260 Å². The second kappa shape index (κ2) is 8.78. The first-order chi connectivity index (χ1) is 20.7. The summed E-state index contributed by atoms with van der Waals surface area (Å²) in [6.07, 6.45) is 0. The quantitative estimate of drug-likeness (QED) is 0.158. The van der Waals surface area contributed by atoms with Crippen LogP contribution in [0.2, 0.25) is 0 Å². The van der Waals surface area contributed by atoms with Crippen LogP contribution in [0.15, 0.2) is 75.7 Å². The molecule has 1 heterocycles. The van der Waals surface area contributed by atoms with Gasteiger partial charge in [-0.25, -0.2) is 0 Å². The lowest BCUT2D eigenvalue weighted by molar-refractivity contribution is -0.302. The Balaban J connectivity index is 1.66. The molecule has 0 amide bonds. The Morgan fingerprint density at radius 2 is 0.844 bits per heavy atom. The molecule has 45 heavy (non-hydrogen) atoms. The number of alkyl halides is 12. The summed E-state index contributed by atoms with van der Waals surface area (Å²) in [5.74, 6) is -33.7. The Hall–Kier alpha value is -3.20. The van der Waals surface area contributed by atoms with Crippen LogP contribution in [0.3, 0.4) is 0 Å². The first kappa shape index (κ1) is 30.5. The maximum absolute atomic E-state index is 15.0. The molecule has 4 aromatic carbocycles. The van der Waals surface area contributed by atoms with Gasteiger partial charge >= 0.3 is 35.5 Å². The summed E-state index contributed by atoms with van der Waals surface area (Å²) in [4.78, 5) is 0. The average Bonchev–Trinajstić information content (AvgIpc) is 3.40. The molecule has 234 valence electrons. The second-order valence-electron chi connectivity index (χ2n) is 10.7. The molecule has 0 saturated carbocycles. The van der Waals surface area contributed by atoms with Gasteiger partial charge in [0.1, 0.15) is 0 Å². The molecular formula is C30H11Br2F12N. The van der Waals surface area contributed by atoms with Crippen LogP contribution in [0.25, 0.3) is 38.6 Å². The van der Waals surface area contributed by atoms with Crippen molar-refractivity contribution < 1.29 is 52.7 Å².